The summed E-state index contributed by atoms with van der Waals surface area (Å²) in [5, 5.41) is 13.2. The molecule has 0 fully saturated rings. The molecule has 0 aliphatic rings. The number of aromatic nitrogens is 2. The minimum Gasteiger partial charge on any atom is -0.313 e. The van der Waals surface area contributed by atoms with Crippen molar-refractivity contribution >= 4 is 10.9 Å². The van der Waals surface area contributed by atoms with Crippen LogP contribution < -0.4 is 5.32 Å². The van der Waals surface area contributed by atoms with Crippen LogP contribution in [0.15, 0.2) is 30.5 Å². The number of fused-ring (bicyclic) bond motifs is 1. The molecule has 0 saturated carbocycles. The lowest BCUT2D eigenvalue weighted by Gasteiger charge is -2.25. The van der Waals surface area contributed by atoms with Gasteiger partial charge in [0.2, 0.25) is 0 Å². The van der Waals surface area contributed by atoms with Gasteiger partial charge in [0.05, 0.1) is 11.7 Å². The predicted octanol–water partition coefficient (Wildman–Crippen LogP) is 3.51. The lowest BCUT2D eigenvalue weighted by atomic mass is 9.90. The molecule has 0 radical (unpaired) electrons. The van der Waals surface area contributed by atoms with Crippen LogP contribution >= 0.6 is 0 Å². The van der Waals surface area contributed by atoms with Crippen molar-refractivity contribution in [3.63, 3.8) is 0 Å². The lowest BCUT2D eigenvalue weighted by molar-refractivity contribution is 0.439. The minimum absolute atomic E-state index is 0.442. The fourth-order valence-corrected chi connectivity index (χ4v) is 2.61. The molecule has 1 N–H and O–H groups in total. The molecule has 3 nitrogen and oxygen atoms in total. The molecule has 2 rings (SSSR count). The van der Waals surface area contributed by atoms with E-state index in [0.717, 1.165) is 18.5 Å². The Morgan fingerprint density at radius 2 is 2.00 bits per heavy atom. The van der Waals surface area contributed by atoms with Crippen molar-refractivity contribution in [3.05, 3.63) is 36.0 Å². The molecule has 0 saturated heterocycles. The molecule has 1 heterocycles. The highest BCUT2D eigenvalue weighted by Crippen LogP contribution is 2.26. The SMILES string of the molecule is CCCNC(CC)C(C)c1cnnc2ccccc12. The van der Waals surface area contributed by atoms with E-state index >= 15 is 0 Å². The molecule has 0 aliphatic heterocycles. The molecule has 2 atom stereocenters. The summed E-state index contributed by atoms with van der Waals surface area (Å²) in [6, 6.07) is 8.74. The molecule has 0 spiro atoms. The summed E-state index contributed by atoms with van der Waals surface area (Å²) in [7, 11) is 0. The lowest BCUT2D eigenvalue weighted by Crippen LogP contribution is -2.33. The van der Waals surface area contributed by atoms with Crippen LogP contribution in [-0.2, 0) is 0 Å². The highest BCUT2D eigenvalue weighted by atomic mass is 15.1. The van der Waals surface area contributed by atoms with Crippen LogP contribution in [0.25, 0.3) is 10.9 Å². The van der Waals surface area contributed by atoms with Crippen LogP contribution in [0.2, 0.25) is 0 Å². The monoisotopic (exact) mass is 257 g/mol. The van der Waals surface area contributed by atoms with Crippen molar-refractivity contribution in [3.8, 4) is 0 Å². The third-order valence-corrected chi connectivity index (χ3v) is 3.77. The van der Waals surface area contributed by atoms with E-state index in [9.17, 15) is 0 Å². The molecule has 0 bridgehead atoms. The largest absolute Gasteiger partial charge is 0.313 e. The number of hydrogen-bond acceptors (Lipinski definition) is 3. The van der Waals surface area contributed by atoms with E-state index in [4.69, 9.17) is 0 Å². The normalized spacial score (nSPS) is 14.5. The maximum absolute atomic E-state index is 4.20. The van der Waals surface area contributed by atoms with Gasteiger partial charge in [0.25, 0.3) is 0 Å². The fourth-order valence-electron chi connectivity index (χ4n) is 2.61. The molecular weight excluding hydrogens is 234 g/mol. The Bertz CT molecular complexity index is 519. The number of nitrogens with one attached hydrogen (secondary N) is 1. The molecule has 102 valence electrons. The molecule has 2 unspecified atom stereocenters. The third kappa shape index (κ3) is 3.10. The molecule has 0 aliphatic carbocycles. The van der Waals surface area contributed by atoms with Crippen molar-refractivity contribution in [2.24, 2.45) is 0 Å². The number of nitrogens with zero attached hydrogens (tertiary/aromatic N) is 2. The topological polar surface area (TPSA) is 37.8 Å². The summed E-state index contributed by atoms with van der Waals surface area (Å²) in [6.07, 6.45) is 4.21. The van der Waals surface area contributed by atoms with Crippen LogP contribution in [-0.4, -0.2) is 22.8 Å². The first-order chi connectivity index (χ1) is 9.27. The zero-order valence-electron chi connectivity index (χ0n) is 12.1. The molecular formula is C16H23N3. The van der Waals surface area contributed by atoms with Gasteiger partial charge in [-0.05, 0) is 36.9 Å². The Kier molecular flexibility index (Phi) is 4.86. The predicted molar refractivity (Wildman–Crippen MR) is 80.3 cm³/mol. The molecule has 3 heteroatoms. The fraction of sp³-hybridized carbons (Fsp3) is 0.500. The Balaban J connectivity index is 2.31. The highest BCUT2D eigenvalue weighted by molar-refractivity contribution is 5.81. The van der Waals surface area contributed by atoms with Gasteiger partial charge < -0.3 is 5.32 Å². The van der Waals surface area contributed by atoms with E-state index in [1.54, 1.807) is 0 Å². The van der Waals surface area contributed by atoms with Crippen molar-refractivity contribution in [1.82, 2.24) is 15.5 Å². The van der Waals surface area contributed by atoms with Gasteiger partial charge >= 0.3 is 0 Å². The molecule has 19 heavy (non-hydrogen) atoms. The zero-order valence-corrected chi connectivity index (χ0v) is 12.1. The van der Waals surface area contributed by atoms with Gasteiger partial charge in [0, 0.05) is 11.4 Å². The van der Waals surface area contributed by atoms with Crippen LogP contribution in [0.5, 0.6) is 0 Å². The van der Waals surface area contributed by atoms with Crippen molar-refractivity contribution in [2.45, 2.75) is 45.6 Å². The summed E-state index contributed by atoms with van der Waals surface area (Å²) < 4.78 is 0. The Labute approximate surface area is 115 Å². The number of rotatable bonds is 6. The Morgan fingerprint density at radius 1 is 1.21 bits per heavy atom. The molecule has 0 amide bonds. The number of benzene rings is 1. The molecule has 1 aromatic heterocycles. The maximum atomic E-state index is 4.20. The molecule has 2 aromatic rings. The minimum atomic E-state index is 0.442. The maximum Gasteiger partial charge on any atom is 0.0932 e. The molecule has 1 aromatic carbocycles. The van der Waals surface area contributed by atoms with Gasteiger partial charge in [-0.15, -0.1) is 0 Å². The summed E-state index contributed by atoms with van der Waals surface area (Å²) in [5.41, 5.74) is 2.28. The second-order valence-electron chi connectivity index (χ2n) is 5.07. The van der Waals surface area contributed by atoms with Crippen LogP contribution in [0, 0.1) is 0 Å². The second kappa shape index (κ2) is 6.62. The van der Waals surface area contributed by atoms with Crippen LogP contribution in [0.1, 0.15) is 45.1 Å². The zero-order chi connectivity index (χ0) is 13.7. The standard InChI is InChI=1S/C16H23N3/c1-4-10-17-15(5-2)12(3)14-11-18-19-16-9-7-6-8-13(14)16/h6-9,11-12,15,17H,4-5,10H2,1-3H3. The average Bonchev–Trinajstić information content (AvgIpc) is 2.47. The van der Waals surface area contributed by atoms with E-state index in [0.29, 0.717) is 12.0 Å². The van der Waals surface area contributed by atoms with E-state index in [2.05, 4.69) is 48.4 Å². The van der Waals surface area contributed by atoms with Crippen LogP contribution in [0.4, 0.5) is 0 Å². The second-order valence-corrected chi connectivity index (χ2v) is 5.07. The van der Waals surface area contributed by atoms with Gasteiger partial charge in [0.1, 0.15) is 0 Å². The quantitative estimate of drug-likeness (QED) is 0.860. The van der Waals surface area contributed by atoms with E-state index < -0.39 is 0 Å². The van der Waals surface area contributed by atoms with Crippen LogP contribution in [0.3, 0.4) is 0 Å². The van der Waals surface area contributed by atoms with Gasteiger partial charge in [-0.2, -0.15) is 10.2 Å². The smallest absolute Gasteiger partial charge is 0.0932 e. The summed E-state index contributed by atoms with van der Waals surface area (Å²) in [6.45, 7) is 7.79. The van der Waals surface area contributed by atoms with E-state index in [1.807, 2.05) is 18.3 Å². The first kappa shape index (κ1) is 13.9. The van der Waals surface area contributed by atoms with Crippen molar-refractivity contribution < 1.29 is 0 Å². The average molecular weight is 257 g/mol. The van der Waals surface area contributed by atoms with E-state index in [-0.39, 0.29) is 0 Å². The van der Waals surface area contributed by atoms with Gasteiger partial charge in [-0.25, -0.2) is 0 Å². The summed E-state index contributed by atoms with van der Waals surface area (Å²) >= 11 is 0. The third-order valence-electron chi connectivity index (χ3n) is 3.77. The Morgan fingerprint density at radius 3 is 2.74 bits per heavy atom. The summed E-state index contributed by atoms with van der Waals surface area (Å²) in [4.78, 5) is 0. The Hall–Kier alpha value is -1.48. The van der Waals surface area contributed by atoms with Crippen molar-refractivity contribution in [2.75, 3.05) is 6.54 Å². The first-order valence-electron chi connectivity index (χ1n) is 7.21. The first-order valence-corrected chi connectivity index (χ1v) is 7.21. The number of hydrogen-bond donors (Lipinski definition) is 1. The van der Waals surface area contributed by atoms with Gasteiger partial charge in [0.15, 0.2) is 0 Å². The highest BCUT2D eigenvalue weighted by Gasteiger charge is 2.19. The van der Waals surface area contributed by atoms with Crippen molar-refractivity contribution in [1.29, 1.82) is 0 Å². The van der Waals surface area contributed by atoms with Gasteiger partial charge in [-0.1, -0.05) is 39.0 Å². The van der Waals surface area contributed by atoms with Gasteiger partial charge in [-0.3, -0.25) is 0 Å². The van der Waals surface area contributed by atoms with E-state index in [1.165, 1.54) is 17.4 Å². The summed E-state index contributed by atoms with van der Waals surface area (Å²) in [5.74, 6) is 0.442.